The monoisotopic (exact) mass is 312 g/mol. The van der Waals surface area contributed by atoms with Crippen molar-refractivity contribution in [3.05, 3.63) is 28.7 Å². The van der Waals surface area contributed by atoms with E-state index in [1.807, 2.05) is 31.3 Å². The van der Waals surface area contributed by atoms with Gasteiger partial charge < -0.3 is 15.0 Å². The zero-order valence-electron chi connectivity index (χ0n) is 10.4. The molecule has 0 spiro atoms. The Morgan fingerprint density at radius 2 is 2.44 bits per heavy atom. The number of carbonyl (C=O) groups is 1. The van der Waals surface area contributed by atoms with Crippen LogP contribution in [0, 0.1) is 5.92 Å². The van der Waals surface area contributed by atoms with E-state index < -0.39 is 0 Å². The van der Waals surface area contributed by atoms with Crippen LogP contribution in [0.5, 0.6) is 0 Å². The molecule has 0 bridgehead atoms. The van der Waals surface area contributed by atoms with Gasteiger partial charge in [-0.1, -0.05) is 22.0 Å². The normalized spacial score (nSPS) is 18.7. The molecule has 1 aromatic carbocycles. The predicted molar refractivity (Wildman–Crippen MR) is 74.7 cm³/mol. The van der Waals surface area contributed by atoms with Gasteiger partial charge in [-0.15, -0.1) is 0 Å². The maximum Gasteiger partial charge on any atom is 0.321 e. The lowest BCUT2D eigenvalue weighted by Crippen LogP contribution is -2.35. The topological polar surface area (TPSA) is 41.6 Å². The maximum absolute atomic E-state index is 12.0. The first-order chi connectivity index (χ1) is 8.65. The first-order valence-electron chi connectivity index (χ1n) is 6.00. The van der Waals surface area contributed by atoms with E-state index in [1.165, 1.54) is 0 Å². The average molecular weight is 313 g/mol. The Hall–Kier alpha value is -1.07. The molecule has 18 heavy (non-hydrogen) atoms. The zero-order valence-corrected chi connectivity index (χ0v) is 11.9. The Balaban J connectivity index is 1.86. The summed E-state index contributed by atoms with van der Waals surface area (Å²) < 4.78 is 6.26. The third kappa shape index (κ3) is 3.71. The van der Waals surface area contributed by atoms with Crippen LogP contribution in [0.15, 0.2) is 28.7 Å². The molecule has 1 aliphatic heterocycles. The van der Waals surface area contributed by atoms with E-state index in [0.717, 1.165) is 36.3 Å². The molecular formula is C13H17BrN2O2. The number of nitrogens with zero attached hydrogens (tertiary/aromatic N) is 1. The van der Waals surface area contributed by atoms with Crippen LogP contribution in [0.3, 0.4) is 0 Å². The first kappa shape index (κ1) is 13.4. The Labute approximate surface area is 115 Å². The number of benzene rings is 1. The molecule has 2 amide bonds. The van der Waals surface area contributed by atoms with Crippen LogP contribution in [0.2, 0.25) is 0 Å². The quantitative estimate of drug-likeness (QED) is 0.932. The number of carbonyl (C=O) groups excluding carboxylic acids is 1. The van der Waals surface area contributed by atoms with E-state index >= 15 is 0 Å². The molecule has 1 atom stereocenters. The van der Waals surface area contributed by atoms with Gasteiger partial charge in [-0.3, -0.25) is 0 Å². The summed E-state index contributed by atoms with van der Waals surface area (Å²) in [7, 11) is 1.81. The molecular weight excluding hydrogens is 296 g/mol. The minimum Gasteiger partial charge on any atom is -0.381 e. The average Bonchev–Trinajstić information content (AvgIpc) is 2.81. The van der Waals surface area contributed by atoms with Gasteiger partial charge in [-0.25, -0.2) is 4.79 Å². The number of hydrogen-bond donors (Lipinski definition) is 1. The molecule has 2 rings (SSSR count). The number of urea groups is 1. The van der Waals surface area contributed by atoms with Crippen LogP contribution in [0.25, 0.3) is 0 Å². The molecule has 98 valence electrons. The third-order valence-corrected chi connectivity index (χ3v) is 3.47. The minimum absolute atomic E-state index is 0.0833. The summed E-state index contributed by atoms with van der Waals surface area (Å²) in [4.78, 5) is 13.7. The summed E-state index contributed by atoms with van der Waals surface area (Å²) in [6, 6.07) is 7.49. The molecule has 0 radical (unpaired) electrons. The summed E-state index contributed by atoms with van der Waals surface area (Å²) in [6.07, 6.45) is 1.04. The molecule has 1 saturated heterocycles. The highest BCUT2D eigenvalue weighted by molar-refractivity contribution is 9.10. The number of ether oxygens (including phenoxy) is 1. The standard InChI is InChI=1S/C13H17BrN2O2/c1-16(8-10-5-6-18-9-10)13(17)15-12-4-2-3-11(14)7-12/h2-4,7,10H,5-6,8-9H2,1H3,(H,15,17). The molecule has 1 unspecified atom stereocenters. The molecule has 1 aliphatic rings. The lowest BCUT2D eigenvalue weighted by atomic mass is 10.1. The van der Waals surface area contributed by atoms with Crippen molar-refractivity contribution in [2.45, 2.75) is 6.42 Å². The van der Waals surface area contributed by atoms with Gasteiger partial charge >= 0.3 is 6.03 Å². The molecule has 1 N–H and O–H groups in total. The van der Waals surface area contributed by atoms with Crippen molar-refractivity contribution in [3.8, 4) is 0 Å². The van der Waals surface area contributed by atoms with E-state index in [-0.39, 0.29) is 6.03 Å². The van der Waals surface area contributed by atoms with Crippen LogP contribution >= 0.6 is 15.9 Å². The van der Waals surface area contributed by atoms with Gasteiger partial charge in [0, 0.05) is 36.3 Å². The van der Waals surface area contributed by atoms with E-state index in [4.69, 9.17) is 4.74 Å². The number of amides is 2. The summed E-state index contributed by atoms with van der Waals surface area (Å²) in [5.41, 5.74) is 0.795. The summed E-state index contributed by atoms with van der Waals surface area (Å²) in [5.74, 6) is 0.461. The lowest BCUT2D eigenvalue weighted by Gasteiger charge is -2.20. The number of hydrogen-bond acceptors (Lipinski definition) is 2. The van der Waals surface area contributed by atoms with E-state index in [9.17, 15) is 4.79 Å². The fourth-order valence-electron chi connectivity index (χ4n) is 1.98. The second kappa shape index (κ2) is 6.20. The Morgan fingerprint density at radius 3 is 3.11 bits per heavy atom. The van der Waals surface area contributed by atoms with Crippen LogP contribution < -0.4 is 5.32 Å². The third-order valence-electron chi connectivity index (χ3n) is 2.98. The largest absolute Gasteiger partial charge is 0.381 e. The minimum atomic E-state index is -0.0833. The molecule has 1 heterocycles. The van der Waals surface area contributed by atoms with E-state index in [0.29, 0.717) is 5.92 Å². The van der Waals surface area contributed by atoms with Crippen molar-refractivity contribution in [1.29, 1.82) is 0 Å². The maximum atomic E-state index is 12.0. The van der Waals surface area contributed by atoms with Gasteiger partial charge in [-0.05, 0) is 24.6 Å². The fourth-order valence-corrected chi connectivity index (χ4v) is 2.38. The highest BCUT2D eigenvalue weighted by Gasteiger charge is 2.19. The van der Waals surface area contributed by atoms with Gasteiger partial charge in [0.1, 0.15) is 0 Å². The van der Waals surface area contributed by atoms with Crippen molar-refractivity contribution in [2.75, 3.05) is 32.1 Å². The van der Waals surface area contributed by atoms with Gasteiger partial charge in [0.25, 0.3) is 0 Å². The van der Waals surface area contributed by atoms with Gasteiger partial charge in [0.2, 0.25) is 0 Å². The van der Waals surface area contributed by atoms with Gasteiger partial charge in [-0.2, -0.15) is 0 Å². The number of nitrogens with one attached hydrogen (secondary N) is 1. The van der Waals surface area contributed by atoms with Crippen molar-refractivity contribution in [2.24, 2.45) is 5.92 Å². The Bertz CT molecular complexity index is 419. The van der Waals surface area contributed by atoms with Crippen molar-refractivity contribution >= 4 is 27.6 Å². The lowest BCUT2D eigenvalue weighted by molar-refractivity contribution is 0.175. The van der Waals surface area contributed by atoms with Crippen LogP contribution in [0.4, 0.5) is 10.5 Å². The number of rotatable bonds is 3. The molecule has 5 heteroatoms. The second-order valence-electron chi connectivity index (χ2n) is 4.55. The summed E-state index contributed by atoms with van der Waals surface area (Å²) >= 11 is 3.38. The first-order valence-corrected chi connectivity index (χ1v) is 6.80. The molecule has 0 aromatic heterocycles. The number of anilines is 1. The van der Waals surface area contributed by atoms with Crippen LogP contribution in [-0.2, 0) is 4.74 Å². The van der Waals surface area contributed by atoms with Gasteiger partial charge in [0.15, 0.2) is 0 Å². The van der Waals surface area contributed by atoms with Crippen molar-refractivity contribution < 1.29 is 9.53 Å². The second-order valence-corrected chi connectivity index (χ2v) is 5.47. The van der Waals surface area contributed by atoms with E-state index in [2.05, 4.69) is 21.2 Å². The molecule has 4 nitrogen and oxygen atoms in total. The van der Waals surface area contributed by atoms with Crippen LogP contribution in [0.1, 0.15) is 6.42 Å². The molecule has 1 fully saturated rings. The summed E-state index contributed by atoms with van der Waals surface area (Å²) in [6.45, 7) is 2.31. The Morgan fingerprint density at radius 1 is 1.61 bits per heavy atom. The number of halogens is 1. The molecule has 1 aromatic rings. The smallest absolute Gasteiger partial charge is 0.321 e. The highest BCUT2D eigenvalue weighted by Crippen LogP contribution is 2.17. The zero-order chi connectivity index (χ0) is 13.0. The van der Waals surface area contributed by atoms with Gasteiger partial charge in [0.05, 0.1) is 6.61 Å². The molecule has 0 saturated carbocycles. The highest BCUT2D eigenvalue weighted by atomic mass is 79.9. The fraction of sp³-hybridized carbons (Fsp3) is 0.462. The van der Waals surface area contributed by atoms with Crippen molar-refractivity contribution in [3.63, 3.8) is 0 Å². The van der Waals surface area contributed by atoms with Crippen molar-refractivity contribution in [1.82, 2.24) is 4.90 Å². The SMILES string of the molecule is CN(CC1CCOC1)C(=O)Nc1cccc(Br)c1. The predicted octanol–water partition coefficient (Wildman–Crippen LogP) is 2.95. The summed E-state index contributed by atoms with van der Waals surface area (Å²) in [5, 5.41) is 2.87. The van der Waals surface area contributed by atoms with E-state index in [1.54, 1.807) is 4.90 Å². The van der Waals surface area contributed by atoms with Crippen LogP contribution in [-0.4, -0.2) is 37.7 Å². The Kier molecular flexibility index (Phi) is 4.60. The molecule has 0 aliphatic carbocycles.